The molecule has 0 radical (unpaired) electrons. The number of hydrogen-bond acceptors (Lipinski definition) is 2. The topological polar surface area (TPSA) is 49.8 Å². The quantitative estimate of drug-likeness (QED) is 0.673. The predicted molar refractivity (Wildman–Crippen MR) is 42.1 cm³/mol. The molecule has 3 nitrogen and oxygen atoms in total. The third-order valence-corrected chi connectivity index (χ3v) is 1.86. The highest BCUT2D eigenvalue weighted by Crippen LogP contribution is 2.29. The number of benzene rings is 1. The van der Waals surface area contributed by atoms with Gasteiger partial charge in [-0.15, -0.1) is 0 Å². The molecule has 1 heterocycles. The van der Waals surface area contributed by atoms with Gasteiger partial charge in [-0.2, -0.15) is 0 Å². The highest BCUT2D eigenvalue weighted by atomic mass is 16.6. The molecular weight excluding hydrogens is 156 g/mol. The first-order chi connectivity index (χ1) is 5.77. The Kier molecular flexibility index (Phi) is 1.59. The van der Waals surface area contributed by atoms with Crippen LogP contribution in [-0.2, 0) is 4.74 Å². The van der Waals surface area contributed by atoms with E-state index in [1.165, 1.54) is 0 Å². The van der Waals surface area contributed by atoms with E-state index in [-0.39, 0.29) is 6.10 Å². The minimum absolute atomic E-state index is 0.202. The third kappa shape index (κ3) is 1.31. The molecule has 1 saturated heterocycles. The van der Waals surface area contributed by atoms with E-state index in [1.807, 2.05) is 0 Å². The lowest BCUT2D eigenvalue weighted by Crippen LogP contribution is -1.95. The summed E-state index contributed by atoms with van der Waals surface area (Å²) >= 11 is 0. The van der Waals surface area contributed by atoms with Crippen LogP contribution in [0.15, 0.2) is 24.3 Å². The summed E-state index contributed by atoms with van der Waals surface area (Å²) in [7, 11) is 0. The van der Waals surface area contributed by atoms with Gasteiger partial charge in [0, 0.05) is 0 Å². The number of epoxide rings is 1. The van der Waals surface area contributed by atoms with Crippen LogP contribution in [0.3, 0.4) is 0 Å². The van der Waals surface area contributed by atoms with Crippen LogP contribution in [0.2, 0.25) is 0 Å². The lowest BCUT2D eigenvalue weighted by atomic mass is 10.1. The van der Waals surface area contributed by atoms with Gasteiger partial charge in [-0.05, 0) is 17.7 Å². The van der Waals surface area contributed by atoms with Crippen LogP contribution in [0.25, 0.3) is 0 Å². The second kappa shape index (κ2) is 2.60. The molecule has 0 aliphatic carbocycles. The van der Waals surface area contributed by atoms with Crippen molar-refractivity contribution in [3.8, 4) is 0 Å². The second-order valence-electron chi connectivity index (χ2n) is 2.75. The van der Waals surface area contributed by atoms with E-state index in [1.54, 1.807) is 24.3 Å². The lowest BCUT2D eigenvalue weighted by Gasteiger charge is -1.96. The van der Waals surface area contributed by atoms with Gasteiger partial charge in [-0.25, -0.2) is 4.79 Å². The molecule has 0 unspecified atom stereocenters. The molecule has 1 aromatic rings. The molecule has 0 spiro atoms. The smallest absolute Gasteiger partial charge is 0.335 e. The van der Waals surface area contributed by atoms with Gasteiger partial charge >= 0.3 is 5.97 Å². The van der Waals surface area contributed by atoms with E-state index in [0.717, 1.165) is 12.2 Å². The zero-order chi connectivity index (χ0) is 8.55. The number of carbonyl (C=O) groups is 1. The average Bonchev–Trinajstić information content (AvgIpc) is 2.87. The summed E-state index contributed by atoms with van der Waals surface area (Å²) in [4.78, 5) is 10.5. The van der Waals surface area contributed by atoms with E-state index in [4.69, 9.17) is 9.84 Å². The van der Waals surface area contributed by atoms with Crippen molar-refractivity contribution < 1.29 is 14.6 Å². The highest BCUT2D eigenvalue weighted by molar-refractivity contribution is 5.87. The number of carboxylic acid groups (broad SMARTS) is 1. The standard InChI is InChI=1S/C9H8O3/c10-9(11)7-3-1-6(2-4-7)8-5-12-8/h1-4,8H,5H2,(H,10,11)/t8-/m0/s1. The summed E-state index contributed by atoms with van der Waals surface area (Å²) in [6, 6.07) is 6.78. The fourth-order valence-corrected chi connectivity index (χ4v) is 1.08. The summed E-state index contributed by atoms with van der Waals surface area (Å²) in [5, 5.41) is 8.60. The highest BCUT2D eigenvalue weighted by Gasteiger charge is 2.24. The number of hydrogen-bond donors (Lipinski definition) is 1. The Bertz CT molecular complexity index is 298. The van der Waals surface area contributed by atoms with Gasteiger partial charge in [-0.1, -0.05) is 12.1 Å². The second-order valence-corrected chi connectivity index (χ2v) is 2.75. The molecule has 0 aromatic heterocycles. The van der Waals surface area contributed by atoms with Crippen molar-refractivity contribution >= 4 is 5.97 Å². The first-order valence-corrected chi connectivity index (χ1v) is 3.72. The van der Waals surface area contributed by atoms with Crippen molar-refractivity contribution in [1.82, 2.24) is 0 Å². The molecule has 62 valence electrons. The van der Waals surface area contributed by atoms with E-state index >= 15 is 0 Å². The monoisotopic (exact) mass is 164 g/mol. The van der Waals surface area contributed by atoms with Crippen LogP contribution in [0.5, 0.6) is 0 Å². The molecule has 1 aliphatic heterocycles. The molecule has 0 bridgehead atoms. The van der Waals surface area contributed by atoms with Gasteiger partial charge in [-0.3, -0.25) is 0 Å². The number of rotatable bonds is 2. The Labute approximate surface area is 69.6 Å². The molecule has 1 N–H and O–H groups in total. The van der Waals surface area contributed by atoms with Crippen LogP contribution < -0.4 is 0 Å². The number of ether oxygens (including phenoxy) is 1. The Morgan fingerprint density at radius 3 is 2.42 bits per heavy atom. The number of aromatic carboxylic acids is 1. The largest absolute Gasteiger partial charge is 0.478 e. The minimum Gasteiger partial charge on any atom is -0.478 e. The Morgan fingerprint density at radius 2 is 2.00 bits per heavy atom. The lowest BCUT2D eigenvalue weighted by molar-refractivity contribution is 0.0697. The first kappa shape index (κ1) is 7.31. The van der Waals surface area contributed by atoms with E-state index in [2.05, 4.69) is 0 Å². The molecule has 1 aromatic carbocycles. The molecule has 12 heavy (non-hydrogen) atoms. The fourth-order valence-electron chi connectivity index (χ4n) is 1.08. The van der Waals surface area contributed by atoms with E-state index in [0.29, 0.717) is 5.56 Å². The Balaban J connectivity index is 2.24. The zero-order valence-corrected chi connectivity index (χ0v) is 6.36. The van der Waals surface area contributed by atoms with Crippen molar-refractivity contribution in [3.63, 3.8) is 0 Å². The first-order valence-electron chi connectivity index (χ1n) is 3.72. The van der Waals surface area contributed by atoms with Gasteiger partial charge in [0.05, 0.1) is 12.2 Å². The average molecular weight is 164 g/mol. The van der Waals surface area contributed by atoms with Gasteiger partial charge in [0.25, 0.3) is 0 Å². The Hall–Kier alpha value is -1.35. The molecular formula is C9H8O3. The Morgan fingerprint density at radius 1 is 1.42 bits per heavy atom. The third-order valence-electron chi connectivity index (χ3n) is 1.86. The van der Waals surface area contributed by atoms with Crippen molar-refractivity contribution in [2.75, 3.05) is 6.61 Å². The fraction of sp³-hybridized carbons (Fsp3) is 0.222. The maximum absolute atomic E-state index is 10.5. The van der Waals surface area contributed by atoms with E-state index in [9.17, 15) is 4.79 Å². The van der Waals surface area contributed by atoms with Crippen molar-refractivity contribution in [2.45, 2.75) is 6.10 Å². The van der Waals surface area contributed by atoms with Gasteiger partial charge in [0.2, 0.25) is 0 Å². The van der Waals surface area contributed by atoms with Crippen LogP contribution in [0.4, 0.5) is 0 Å². The van der Waals surface area contributed by atoms with Crippen LogP contribution in [0, 0.1) is 0 Å². The molecule has 0 saturated carbocycles. The molecule has 3 heteroatoms. The summed E-state index contributed by atoms with van der Waals surface area (Å²) in [5.74, 6) is -0.890. The van der Waals surface area contributed by atoms with Crippen LogP contribution >= 0.6 is 0 Å². The van der Waals surface area contributed by atoms with Crippen LogP contribution in [0.1, 0.15) is 22.0 Å². The molecule has 1 atom stereocenters. The van der Waals surface area contributed by atoms with Gasteiger partial charge in [0.15, 0.2) is 0 Å². The molecule has 2 rings (SSSR count). The zero-order valence-electron chi connectivity index (χ0n) is 6.36. The normalized spacial score (nSPS) is 20.5. The predicted octanol–water partition coefficient (Wildman–Crippen LogP) is 1.46. The summed E-state index contributed by atoms with van der Waals surface area (Å²) in [6.45, 7) is 0.756. The van der Waals surface area contributed by atoms with Gasteiger partial charge in [0.1, 0.15) is 6.10 Å². The maximum atomic E-state index is 10.5. The summed E-state index contributed by atoms with van der Waals surface area (Å²) in [6.07, 6.45) is 0.202. The van der Waals surface area contributed by atoms with Gasteiger partial charge < -0.3 is 9.84 Å². The molecule has 1 aliphatic rings. The van der Waals surface area contributed by atoms with Crippen molar-refractivity contribution in [2.24, 2.45) is 0 Å². The SMILES string of the molecule is O=C(O)c1ccc([C@@H]2CO2)cc1. The minimum atomic E-state index is -0.890. The summed E-state index contributed by atoms with van der Waals surface area (Å²) < 4.78 is 5.05. The van der Waals surface area contributed by atoms with Crippen molar-refractivity contribution in [1.29, 1.82) is 0 Å². The molecule has 1 fully saturated rings. The number of carboxylic acids is 1. The summed E-state index contributed by atoms with van der Waals surface area (Å²) in [5.41, 5.74) is 1.37. The maximum Gasteiger partial charge on any atom is 0.335 e. The van der Waals surface area contributed by atoms with E-state index < -0.39 is 5.97 Å². The molecule has 0 amide bonds. The van der Waals surface area contributed by atoms with Crippen LogP contribution in [-0.4, -0.2) is 17.7 Å². The van der Waals surface area contributed by atoms with Crippen molar-refractivity contribution in [3.05, 3.63) is 35.4 Å².